The lowest BCUT2D eigenvalue weighted by molar-refractivity contribution is -0.121. The molecule has 0 spiro atoms. The molecule has 0 saturated heterocycles. The third-order valence-corrected chi connectivity index (χ3v) is 2.80. The number of hydrogen-bond donors (Lipinski definition) is 3. The van der Waals surface area contributed by atoms with E-state index < -0.39 is 5.76 Å². The van der Waals surface area contributed by atoms with E-state index in [1.165, 1.54) is 0 Å². The fourth-order valence-corrected chi connectivity index (χ4v) is 1.76. The van der Waals surface area contributed by atoms with Gasteiger partial charge in [-0.3, -0.25) is 9.78 Å². The van der Waals surface area contributed by atoms with Crippen molar-refractivity contribution in [3.8, 4) is 0 Å². The number of nitrogens with one attached hydrogen (secondary N) is 2. The highest BCUT2D eigenvalue weighted by atomic mass is 16.4. The summed E-state index contributed by atoms with van der Waals surface area (Å²) in [6, 6.07) is 5.33. The van der Waals surface area contributed by atoms with Gasteiger partial charge in [-0.05, 0) is 31.0 Å². The van der Waals surface area contributed by atoms with Gasteiger partial charge in [-0.2, -0.15) is 0 Å². The topological polar surface area (TPSA) is 101 Å². The first-order valence-electron chi connectivity index (χ1n) is 6.18. The number of carbonyl (C=O) groups excluding carboxylic acids is 1. The van der Waals surface area contributed by atoms with Crippen molar-refractivity contribution >= 4 is 17.0 Å². The number of rotatable bonds is 5. The molecule has 6 heteroatoms. The van der Waals surface area contributed by atoms with E-state index in [1.807, 2.05) is 13.0 Å². The van der Waals surface area contributed by atoms with Crippen LogP contribution in [0.15, 0.2) is 27.4 Å². The van der Waals surface area contributed by atoms with E-state index in [4.69, 9.17) is 10.2 Å². The molecule has 4 N–H and O–H groups in total. The fraction of sp³-hybridized carbons (Fsp3) is 0.385. The summed E-state index contributed by atoms with van der Waals surface area (Å²) >= 11 is 0. The summed E-state index contributed by atoms with van der Waals surface area (Å²) in [5.41, 5.74) is 7.63. The normalized spacial score (nSPS) is 12.5. The number of H-pyrrole nitrogens is 1. The van der Waals surface area contributed by atoms with Gasteiger partial charge in [0.1, 0.15) is 0 Å². The van der Waals surface area contributed by atoms with Crippen molar-refractivity contribution < 1.29 is 9.21 Å². The lowest BCUT2D eigenvalue weighted by atomic mass is 10.1. The van der Waals surface area contributed by atoms with Crippen molar-refractivity contribution in [1.82, 2.24) is 10.3 Å². The van der Waals surface area contributed by atoms with E-state index in [9.17, 15) is 9.59 Å². The summed E-state index contributed by atoms with van der Waals surface area (Å²) in [5.74, 6) is -0.508. The smallest absolute Gasteiger partial charge is 0.408 e. The summed E-state index contributed by atoms with van der Waals surface area (Å²) < 4.78 is 4.90. The molecule has 0 radical (unpaired) electrons. The molecule has 0 aliphatic rings. The molecular formula is C13H17N3O3. The average Bonchev–Trinajstić information content (AvgIpc) is 2.73. The van der Waals surface area contributed by atoms with Crippen LogP contribution >= 0.6 is 0 Å². The zero-order chi connectivity index (χ0) is 13.8. The van der Waals surface area contributed by atoms with Gasteiger partial charge in [-0.25, -0.2) is 4.79 Å². The van der Waals surface area contributed by atoms with Gasteiger partial charge < -0.3 is 15.5 Å². The van der Waals surface area contributed by atoms with Gasteiger partial charge in [-0.15, -0.1) is 0 Å². The van der Waals surface area contributed by atoms with E-state index in [-0.39, 0.29) is 11.9 Å². The molecule has 19 heavy (non-hydrogen) atoms. The first-order valence-corrected chi connectivity index (χ1v) is 6.18. The van der Waals surface area contributed by atoms with Crippen molar-refractivity contribution in [1.29, 1.82) is 0 Å². The molecule has 2 aromatic rings. The number of amides is 1. The Kier molecular flexibility index (Phi) is 4.01. The molecule has 0 aliphatic heterocycles. The Morgan fingerprint density at radius 3 is 3.05 bits per heavy atom. The predicted octanol–water partition coefficient (Wildman–Crippen LogP) is 0.865. The maximum absolute atomic E-state index is 11.5. The molecule has 0 aliphatic carbocycles. The second kappa shape index (κ2) is 5.71. The molecule has 1 unspecified atom stereocenters. The second-order valence-electron chi connectivity index (χ2n) is 4.64. The van der Waals surface area contributed by atoms with Crippen LogP contribution in [0.1, 0.15) is 25.3 Å². The van der Waals surface area contributed by atoms with Crippen molar-refractivity contribution in [2.24, 2.45) is 5.73 Å². The van der Waals surface area contributed by atoms with Crippen LogP contribution in [-0.4, -0.2) is 16.9 Å². The third-order valence-electron chi connectivity index (χ3n) is 2.80. The highest BCUT2D eigenvalue weighted by Gasteiger charge is 2.05. The van der Waals surface area contributed by atoms with Gasteiger partial charge in [0.05, 0.1) is 5.52 Å². The van der Waals surface area contributed by atoms with E-state index >= 15 is 0 Å². The van der Waals surface area contributed by atoms with Gasteiger partial charge in [0.15, 0.2) is 5.58 Å². The maximum Gasteiger partial charge on any atom is 0.417 e. The van der Waals surface area contributed by atoms with E-state index in [0.29, 0.717) is 30.5 Å². The number of fused-ring (bicyclic) bond motifs is 1. The van der Waals surface area contributed by atoms with Crippen LogP contribution in [0.5, 0.6) is 0 Å². The largest absolute Gasteiger partial charge is 0.417 e. The molecule has 1 aromatic heterocycles. The molecule has 0 fully saturated rings. The minimum absolute atomic E-state index is 0.0260. The van der Waals surface area contributed by atoms with Crippen molar-refractivity contribution in [3.05, 3.63) is 34.3 Å². The molecule has 1 amide bonds. The van der Waals surface area contributed by atoms with Gasteiger partial charge in [0, 0.05) is 19.0 Å². The Morgan fingerprint density at radius 1 is 1.53 bits per heavy atom. The van der Waals surface area contributed by atoms with Crippen LogP contribution in [0, 0.1) is 0 Å². The molecule has 1 heterocycles. The third kappa shape index (κ3) is 3.69. The second-order valence-corrected chi connectivity index (χ2v) is 4.64. The Bertz CT molecular complexity index is 627. The summed E-state index contributed by atoms with van der Waals surface area (Å²) in [6.45, 7) is 2.29. The molecule has 6 nitrogen and oxygen atoms in total. The Morgan fingerprint density at radius 2 is 2.32 bits per heavy atom. The summed E-state index contributed by atoms with van der Waals surface area (Å²) in [6.07, 6.45) is 1.09. The molecule has 1 atom stereocenters. The SMILES string of the molecule is CC(N)CCC(=O)NCc1ccc2oc(=O)[nH]c2c1. The zero-order valence-electron chi connectivity index (χ0n) is 10.7. The van der Waals surface area contributed by atoms with E-state index in [0.717, 1.165) is 5.56 Å². The van der Waals surface area contributed by atoms with Crippen LogP contribution in [0.25, 0.3) is 11.1 Å². The van der Waals surface area contributed by atoms with Crippen molar-refractivity contribution in [3.63, 3.8) is 0 Å². The first kappa shape index (κ1) is 13.4. The molecule has 1 aromatic carbocycles. The van der Waals surface area contributed by atoms with Crippen molar-refractivity contribution in [2.45, 2.75) is 32.4 Å². The molecule has 0 saturated carbocycles. The molecule has 0 bridgehead atoms. The van der Waals surface area contributed by atoms with E-state index in [2.05, 4.69) is 10.3 Å². The van der Waals surface area contributed by atoms with E-state index in [1.54, 1.807) is 12.1 Å². The highest BCUT2D eigenvalue weighted by Crippen LogP contribution is 2.12. The Labute approximate surface area is 110 Å². The number of oxazole rings is 1. The van der Waals surface area contributed by atoms with Crippen LogP contribution < -0.4 is 16.8 Å². The minimum Gasteiger partial charge on any atom is -0.408 e. The molecule has 102 valence electrons. The van der Waals surface area contributed by atoms with Gasteiger partial charge in [0.2, 0.25) is 5.91 Å². The van der Waals surface area contributed by atoms with Crippen LogP contribution in [0.4, 0.5) is 0 Å². The number of aromatic amines is 1. The number of carbonyl (C=O) groups is 1. The lowest BCUT2D eigenvalue weighted by Gasteiger charge is -2.07. The number of aromatic nitrogens is 1. The van der Waals surface area contributed by atoms with Gasteiger partial charge in [-0.1, -0.05) is 6.07 Å². The fourth-order valence-electron chi connectivity index (χ4n) is 1.76. The average molecular weight is 263 g/mol. The summed E-state index contributed by atoms with van der Waals surface area (Å²) in [7, 11) is 0. The Balaban J connectivity index is 1.94. The van der Waals surface area contributed by atoms with Crippen LogP contribution in [-0.2, 0) is 11.3 Å². The predicted molar refractivity (Wildman–Crippen MR) is 71.6 cm³/mol. The lowest BCUT2D eigenvalue weighted by Crippen LogP contribution is -2.25. The van der Waals surface area contributed by atoms with Crippen molar-refractivity contribution in [2.75, 3.05) is 0 Å². The van der Waals surface area contributed by atoms with Crippen LogP contribution in [0.2, 0.25) is 0 Å². The van der Waals surface area contributed by atoms with Crippen LogP contribution in [0.3, 0.4) is 0 Å². The van der Waals surface area contributed by atoms with Gasteiger partial charge in [0.25, 0.3) is 0 Å². The molecular weight excluding hydrogens is 246 g/mol. The maximum atomic E-state index is 11.5. The zero-order valence-corrected chi connectivity index (χ0v) is 10.7. The minimum atomic E-state index is -0.479. The number of hydrogen-bond acceptors (Lipinski definition) is 4. The Hall–Kier alpha value is -2.08. The van der Waals surface area contributed by atoms with Gasteiger partial charge >= 0.3 is 5.76 Å². The summed E-state index contributed by atoms with van der Waals surface area (Å²) in [5, 5.41) is 2.81. The first-order chi connectivity index (χ1) is 9.04. The highest BCUT2D eigenvalue weighted by molar-refractivity contribution is 5.76. The monoisotopic (exact) mass is 263 g/mol. The number of benzene rings is 1. The standard InChI is InChI=1S/C13H17N3O3/c1-8(14)2-5-12(17)15-7-9-3-4-11-10(6-9)16-13(18)19-11/h3-4,6,8H,2,5,7,14H2,1H3,(H,15,17)(H,16,18). The summed E-state index contributed by atoms with van der Waals surface area (Å²) in [4.78, 5) is 25.1. The number of nitrogens with two attached hydrogens (primary N) is 1. The quantitative estimate of drug-likeness (QED) is 0.744. The molecule has 2 rings (SSSR count).